The van der Waals surface area contributed by atoms with E-state index in [0.29, 0.717) is 24.6 Å². The highest BCUT2D eigenvalue weighted by molar-refractivity contribution is 5.94. The molecule has 1 atom stereocenters. The van der Waals surface area contributed by atoms with E-state index >= 15 is 0 Å². The highest BCUT2D eigenvalue weighted by atomic mass is 16.5. The summed E-state index contributed by atoms with van der Waals surface area (Å²) >= 11 is 0. The molecule has 3 aromatic carbocycles. The van der Waals surface area contributed by atoms with Crippen molar-refractivity contribution in [3.8, 4) is 5.75 Å². The van der Waals surface area contributed by atoms with E-state index in [0.717, 1.165) is 45.7 Å². The molecule has 0 spiro atoms. The maximum absolute atomic E-state index is 12.3. The van der Waals surface area contributed by atoms with E-state index in [4.69, 9.17) is 9.15 Å². The summed E-state index contributed by atoms with van der Waals surface area (Å²) in [7, 11) is 0. The van der Waals surface area contributed by atoms with Gasteiger partial charge in [-0.15, -0.1) is 0 Å². The Hall–Kier alpha value is -3.73. The van der Waals surface area contributed by atoms with Crippen molar-refractivity contribution in [2.24, 2.45) is 5.92 Å². The van der Waals surface area contributed by atoms with Crippen molar-refractivity contribution < 1.29 is 13.9 Å². The minimum atomic E-state index is -0.0272. The number of hydrogen-bond donors (Lipinski definition) is 2. The Balaban J connectivity index is 1.39. The Morgan fingerprint density at radius 1 is 1.00 bits per heavy atom. The minimum Gasteiger partial charge on any atom is -0.489 e. The lowest BCUT2D eigenvalue weighted by Gasteiger charge is -2.31. The monoisotopic (exact) mass is 510 g/mol. The molecule has 0 bridgehead atoms. The van der Waals surface area contributed by atoms with Crippen molar-refractivity contribution in [3.63, 3.8) is 0 Å². The van der Waals surface area contributed by atoms with Gasteiger partial charge in [0.2, 0.25) is 0 Å². The molecule has 1 unspecified atom stereocenters. The zero-order valence-corrected chi connectivity index (χ0v) is 22.5. The Bertz CT molecular complexity index is 1340. The maximum atomic E-state index is 12.3. The van der Waals surface area contributed by atoms with Gasteiger partial charge in [-0.25, -0.2) is 0 Å². The van der Waals surface area contributed by atoms with E-state index in [1.807, 2.05) is 54.6 Å². The third-order valence-corrected chi connectivity index (χ3v) is 7.60. The summed E-state index contributed by atoms with van der Waals surface area (Å²) in [5.74, 6) is 2.30. The molecular weight excluding hydrogens is 472 g/mol. The van der Waals surface area contributed by atoms with Gasteiger partial charge in [0.15, 0.2) is 0 Å². The number of anilines is 1. The number of rotatable bonds is 10. The largest absolute Gasteiger partial charge is 0.489 e. The molecule has 0 radical (unpaired) electrons. The second-order valence-corrected chi connectivity index (χ2v) is 10.4. The maximum Gasteiger partial charge on any atom is 0.251 e. The third kappa shape index (κ3) is 6.04. The van der Waals surface area contributed by atoms with Gasteiger partial charge in [0.05, 0.1) is 6.04 Å². The van der Waals surface area contributed by atoms with Gasteiger partial charge in [0.1, 0.15) is 23.7 Å². The smallest absolute Gasteiger partial charge is 0.251 e. The van der Waals surface area contributed by atoms with E-state index in [1.54, 1.807) is 0 Å². The summed E-state index contributed by atoms with van der Waals surface area (Å²) in [5, 5.41) is 7.82. The van der Waals surface area contributed by atoms with E-state index < -0.39 is 0 Å². The number of ether oxygens (including phenoxy) is 1. The van der Waals surface area contributed by atoms with Crippen LogP contribution in [0.2, 0.25) is 0 Å². The van der Waals surface area contributed by atoms with Crippen LogP contribution in [0.25, 0.3) is 11.0 Å². The molecule has 1 aromatic heterocycles. The van der Waals surface area contributed by atoms with E-state index in [9.17, 15) is 4.79 Å². The lowest BCUT2D eigenvalue weighted by Crippen LogP contribution is -2.24. The van der Waals surface area contributed by atoms with Crippen LogP contribution in [-0.2, 0) is 6.61 Å². The third-order valence-electron chi connectivity index (χ3n) is 7.60. The first kappa shape index (κ1) is 25.9. The van der Waals surface area contributed by atoms with Crippen LogP contribution in [0.15, 0.2) is 77.2 Å². The zero-order chi connectivity index (χ0) is 26.3. The number of furan rings is 1. The van der Waals surface area contributed by atoms with Crippen molar-refractivity contribution in [3.05, 3.63) is 95.2 Å². The van der Waals surface area contributed by atoms with Gasteiger partial charge in [0, 0.05) is 28.7 Å². The van der Waals surface area contributed by atoms with Crippen molar-refractivity contribution >= 4 is 22.6 Å². The molecule has 1 aliphatic carbocycles. The predicted molar refractivity (Wildman–Crippen MR) is 154 cm³/mol. The van der Waals surface area contributed by atoms with Crippen LogP contribution < -0.4 is 15.4 Å². The number of benzene rings is 3. The van der Waals surface area contributed by atoms with Crippen LogP contribution in [-0.4, -0.2) is 12.5 Å². The molecule has 0 saturated heterocycles. The van der Waals surface area contributed by atoms with Crippen molar-refractivity contribution in [1.29, 1.82) is 0 Å². The fraction of sp³-hybridized carbons (Fsp3) is 0.364. The van der Waals surface area contributed by atoms with E-state index in [2.05, 4.69) is 42.7 Å². The first-order valence-electron chi connectivity index (χ1n) is 14.0. The zero-order valence-electron chi connectivity index (χ0n) is 22.5. The number of amides is 1. The van der Waals surface area contributed by atoms with Gasteiger partial charge in [0.25, 0.3) is 5.91 Å². The van der Waals surface area contributed by atoms with Crippen LogP contribution >= 0.6 is 0 Å². The second-order valence-electron chi connectivity index (χ2n) is 10.4. The van der Waals surface area contributed by atoms with Gasteiger partial charge in [-0.1, -0.05) is 56.5 Å². The van der Waals surface area contributed by atoms with Gasteiger partial charge in [-0.05, 0) is 80.1 Å². The highest BCUT2D eigenvalue weighted by Gasteiger charge is 2.30. The Morgan fingerprint density at radius 3 is 2.50 bits per heavy atom. The van der Waals surface area contributed by atoms with Crippen molar-refractivity contribution in [1.82, 2.24) is 5.32 Å². The predicted octanol–water partition coefficient (Wildman–Crippen LogP) is 8.19. The Kier molecular flexibility index (Phi) is 8.32. The van der Waals surface area contributed by atoms with Crippen LogP contribution in [0.3, 0.4) is 0 Å². The summed E-state index contributed by atoms with van der Waals surface area (Å²) in [5.41, 5.74) is 4.87. The quantitative estimate of drug-likeness (QED) is 0.226. The molecule has 1 amide bonds. The van der Waals surface area contributed by atoms with Crippen LogP contribution in [0, 0.1) is 12.8 Å². The molecular formula is C33H38N2O3. The van der Waals surface area contributed by atoms with Crippen LogP contribution in [0.1, 0.15) is 78.7 Å². The summed E-state index contributed by atoms with van der Waals surface area (Å²) in [4.78, 5) is 12.3. The summed E-state index contributed by atoms with van der Waals surface area (Å²) in [6, 6.07) is 24.2. The van der Waals surface area contributed by atoms with E-state index in [1.165, 1.54) is 32.1 Å². The molecule has 5 heteroatoms. The normalized spacial score (nSPS) is 14.8. The SMILES string of the molecule is CCCNC(=O)c1ccc(NC(c2oc3ccc(OCc4ccccc4)cc3c2C)C2CCCCC2)cc1. The molecule has 5 nitrogen and oxygen atoms in total. The molecule has 2 N–H and O–H groups in total. The van der Waals surface area contributed by atoms with E-state index in [-0.39, 0.29) is 11.9 Å². The number of nitrogens with one attached hydrogen (secondary N) is 2. The number of carbonyl (C=O) groups excluding carboxylic acids is 1. The lowest BCUT2D eigenvalue weighted by molar-refractivity contribution is 0.0953. The summed E-state index contributed by atoms with van der Waals surface area (Å²) in [6.07, 6.45) is 7.07. The first-order valence-corrected chi connectivity index (χ1v) is 14.0. The molecule has 198 valence electrons. The minimum absolute atomic E-state index is 0.0272. The topological polar surface area (TPSA) is 63.5 Å². The van der Waals surface area contributed by atoms with Gasteiger partial charge in [-0.2, -0.15) is 0 Å². The summed E-state index contributed by atoms with van der Waals surface area (Å²) in [6.45, 7) is 5.43. The standard InChI is InChI=1S/C33H38N2O3/c1-3-20-34-33(36)26-14-16-27(17-15-26)35-31(25-12-8-5-9-13-25)32-23(2)29-21-28(18-19-30(29)38-32)37-22-24-10-6-4-7-11-24/h4,6-7,10-11,14-19,21,25,31,35H,3,5,8-9,12-13,20,22H2,1-2H3,(H,34,36). The van der Waals surface area contributed by atoms with Gasteiger partial charge in [-0.3, -0.25) is 4.79 Å². The molecule has 0 aliphatic heterocycles. The molecule has 38 heavy (non-hydrogen) atoms. The van der Waals surface area contributed by atoms with Crippen LogP contribution in [0.4, 0.5) is 5.69 Å². The van der Waals surface area contributed by atoms with Crippen LogP contribution in [0.5, 0.6) is 5.75 Å². The lowest BCUT2D eigenvalue weighted by atomic mass is 9.82. The van der Waals surface area contributed by atoms with Gasteiger partial charge >= 0.3 is 0 Å². The average Bonchev–Trinajstić information content (AvgIpc) is 3.30. The molecule has 1 aliphatic rings. The fourth-order valence-corrected chi connectivity index (χ4v) is 5.45. The molecule has 1 fully saturated rings. The Labute approximate surface area is 225 Å². The number of hydrogen-bond acceptors (Lipinski definition) is 4. The fourth-order valence-electron chi connectivity index (χ4n) is 5.45. The number of carbonyl (C=O) groups is 1. The molecule has 4 aromatic rings. The number of aryl methyl sites for hydroxylation is 1. The highest BCUT2D eigenvalue weighted by Crippen LogP contribution is 2.41. The average molecular weight is 511 g/mol. The molecule has 1 heterocycles. The molecule has 5 rings (SSSR count). The molecule has 1 saturated carbocycles. The first-order chi connectivity index (χ1) is 18.6. The number of fused-ring (bicyclic) bond motifs is 1. The Morgan fingerprint density at radius 2 is 1.76 bits per heavy atom. The van der Waals surface area contributed by atoms with Crippen molar-refractivity contribution in [2.75, 3.05) is 11.9 Å². The summed E-state index contributed by atoms with van der Waals surface area (Å²) < 4.78 is 12.6. The van der Waals surface area contributed by atoms with Crippen molar-refractivity contribution in [2.45, 2.75) is 65.0 Å². The second kappa shape index (κ2) is 12.2. The van der Waals surface area contributed by atoms with Gasteiger partial charge < -0.3 is 19.8 Å².